The zero-order valence-electron chi connectivity index (χ0n) is 9.19. The Balaban J connectivity index is 2.71. The summed E-state index contributed by atoms with van der Waals surface area (Å²) in [6, 6.07) is -0.735. The first kappa shape index (κ1) is 12.0. The molecule has 0 radical (unpaired) electrons. The van der Waals surface area contributed by atoms with Gasteiger partial charge in [0.05, 0.1) is 5.41 Å². The van der Waals surface area contributed by atoms with Gasteiger partial charge in [-0.25, -0.2) is 4.79 Å². The van der Waals surface area contributed by atoms with E-state index in [0.717, 1.165) is 12.8 Å². The summed E-state index contributed by atoms with van der Waals surface area (Å²) in [5.74, 6) is -1.08. The maximum atomic E-state index is 11.9. The van der Waals surface area contributed by atoms with E-state index in [0.29, 0.717) is 13.0 Å². The Labute approximate surface area is 89.2 Å². The fourth-order valence-corrected chi connectivity index (χ4v) is 1.79. The zero-order valence-corrected chi connectivity index (χ0v) is 9.19. The van der Waals surface area contributed by atoms with Crippen LogP contribution in [-0.2, 0) is 9.59 Å². The Hall–Kier alpha value is -1.10. The first-order chi connectivity index (χ1) is 6.98. The largest absolute Gasteiger partial charge is 0.480 e. The van der Waals surface area contributed by atoms with E-state index >= 15 is 0 Å². The molecule has 1 unspecified atom stereocenters. The predicted molar refractivity (Wildman–Crippen MR) is 55.2 cm³/mol. The number of hydrogen-bond donors (Lipinski definition) is 2. The monoisotopic (exact) mass is 214 g/mol. The normalized spacial score (nSPS) is 19.4. The van der Waals surface area contributed by atoms with Crippen molar-refractivity contribution < 1.29 is 14.7 Å². The number of amides is 1. The van der Waals surface area contributed by atoms with Gasteiger partial charge in [-0.05, 0) is 19.3 Å². The van der Waals surface area contributed by atoms with Crippen molar-refractivity contribution in [2.45, 2.75) is 32.2 Å². The van der Waals surface area contributed by atoms with Crippen molar-refractivity contribution in [1.82, 2.24) is 4.90 Å². The highest BCUT2D eigenvalue weighted by atomic mass is 16.4. The van der Waals surface area contributed by atoms with Crippen LogP contribution in [0.3, 0.4) is 0 Å². The van der Waals surface area contributed by atoms with Gasteiger partial charge in [0.25, 0.3) is 0 Å². The number of carbonyl (C=O) groups excluding carboxylic acids is 1. The molecule has 1 amide bonds. The van der Waals surface area contributed by atoms with Gasteiger partial charge in [-0.1, -0.05) is 6.92 Å². The first-order valence-electron chi connectivity index (χ1n) is 5.18. The van der Waals surface area contributed by atoms with Crippen molar-refractivity contribution in [3.8, 4) is 0 Å². The Morgan fingerprint density at radius 2 is 2.07 bits per heavy atom. The van der Waals surface area contributed by atoms with Crippen molar-refractivity contribution in [3.63, 3.8) is 0 Å². The van der Waals surface area contributed by atoms with Crippen LogP contribution in [0.25, 0.3) is 0 Å². The molecule has 1 fully saturated rings. The van der Waals surface area contributed by atoms with Crippen LogP contribution in [0, 0.1) is 5.41 Å². The second-order valence-electron chi connectivity index (χ2n) is 4.16. The van der Waals surface area contributed by atoms with Crippen molar-refractivity contribution in [3.05, 3.63) is 0 Å². The average Bonchev–Trinajstić information content (AvgIpc) is 2.97. The van der Waals surface area contributed by atoms with E-state index in [2.05, 4.69) is 0 Å². The molecule has 0 spiro atoms. The van der Waals surface area contributed by atoms with Crippen molar-refractivity contribution in [2.75, 3.05) is 13.6 Å². The number of carboxylic acids is 1. The van der Waals surface area contributed by atoms with Crippen LogP contribution in [0.1, 0.15) is 26.2 Å². The summed E-state index contributed by atoms with van der Waals surface area (Å²) in [6.07, 6.45) is 1.98. The number of rotatable bonds is 5. The van der Waals surface area contributed by atoms with Crippen molar-refractivity contribution in [2.24, 2.45) is 11.1 Å². The SMILES string of the molecule is CCC(C(=O)O)N(C)C(=O)C1(CN)CC1. The van der Waals surface area contributed by atoms with Crippen LogP contribution < -0.4 is 5.73 Å². The van der Waals surface area contributed by atoms with E-state index in [1.54, 1.807) is 14.0 Å². The molecule has 0 bridgehead atoms. The predicted octanol–water partition coefficient (Wildman–Crippen LogP) is 0.0469. The lowest BCUT2D eigenvalue weighted by molar-refractivity contribution is -0.151. The van der Waals surface area contributed by atoms with E-state index in [4.69, 9.17) is 10.8 Å². The van der Waals surface area contributed by atoms with E-state index < -0.39 is 17.4 Å². The Morgan fingerprint density at radius 1 is 1.53 bits per heavy atom. The summed E-state index contributed by atoms with van der Waals surface area (Å²) in [5, 5.41) is 8.93. The molecule has 3 N–H and O–H groups in total. The molecule has 1 aliphatic rings. The van der Waals surface area contributed by atoms with E-state index in [-0.39, 0.29) is 5.91 Å². The smallest absolute Gasteiger partial charge is 0.326 e. The second-order valence-corrected chi connectivity index (χ2v) is 4.16. The van der Waals surface area contributed by atoms with Crippen LogP contribution in [0.4, 0.5) is 0 Å². The highest BCUT2D eigenvalue weighted by Gasteiger charge is 2.51. The third-order valence-corrected chi connectivity index (χ3v) is 3.16. The number of hydrogen-bond acceptors (Lipinski definition) is 3. The van der Waals surface area contributed by atoms with Gasteiger partial charge >= 0.3 is 5.97 Å². The van der Waals surface area contributed by atoms with Crippen molar-refractivity contribution >= 4 is 11.9 Å². The van der Waals surface area contributed by atoms with Crippen LogP contribution in [0.15, 0.2) is 0 Å². The molecule has 0 aliphatic heterocycles. The molecule has 86 valence electrons. The Bertz CT molecular complexity index is 274. The first-order valence-corrected chi connectivity index (χ1v) is 5.18. The molecule has 15 heavy (non-hydrogen) atoms. The lowest BCUT2D eigenvalue weighted by Crippen LogP contribution is -2.47. The third-order valence-electron chi connectivity index (χ3n) is 3.16. The second kappa shape index (κ2) is 4.18. The number of nitrogens with zero attached hydrogens (tertiary/aromatic N) is 1. The van der Waals surface area contributed by atoms with Gasteiger partial charge in [0.1, 0.15) is 6.04 Å². The lowest BCUT2D eigenvalue weighted by Gasteiger charge is -2.27. The fraction of sp³-hybridized carbons (Fsp3) is 0.800. The molecule has 0 aromatic carbocycles. The van der Waals surface area contributed by atoms with Crippen LogP contribution in [0.5, 0.6) is 0 Å². The minimum absolute atomic E-state index is 0.126. The molecule has 5 heteroatoms. The Morgan fingerprint density at radius 3 is 2.33 bits per heavy atom. The number of aliphatic carboxylic acids is 1. The van der Waals surface area contributed by atoms with E-state index in [1.165, 1.54) is 4.90 Å². The molecule has 5 nitrogen and oxygen atoms in total. The number of nitrogens with two attached hydrogens (primary N) is 1. The molecular formula is C10H18N2O3. The maximum absolute atomic E-state index is 11.9. The van der Waals surface area contributed by atoms with Crippen LogP contribution in [-0.4, -0.2) is 41.5 Å². The summed E-state index contributed by atoms with van der Waals surface area (Å²) in [7, 11) is 1.54. The Kier molecular flexibility index (Phi) is 3.34. The standard InChI is InChI=1S/C10H18N2O3/c1-3-7(8(13)14)12(2)9(15)10(6-11)4-5-10/h7H,3-6,11H2,1-2H3,(H,13,14). The molecule has 0 aromatic heterocycles. The highest BCUT2D eigenvalue weighted by molar-refractivity contribution is 5.89. The number of carbonyl (C=O) groups is 2. The molecule has 0 saturated heterocycles. The summed E-state index contributed by atoms with van der Waals surface area (Å²) in [5.41, 5.74) is 5.07. The molecule has 0 heterocycles. The van der Waals surface area contributed by atoms with Gasteiger partial charge in [-0.15, -0.1) is 0 Å². The quantitative estimate of drug-likeness (QED) is 0.677. The van der Waals surface area contributed by atoms with Gasteiger partial charge < -0.3 is 15.7 Å². The minimum atomic E-state index is -0.957. The zero-order chi connectivity index (χ0) is 11.6. The number of carboxylic acid groups (broad SMARTS) is 1. The maximum Gasteiger partial charge on any atom is 0.326 e. The number of likely N-dealkylation sites (N-methyl/N-ethyl adjacent to an activating group) is 1. The van der Waals surface area contributed by atoms with Gasteiger partial charge in [0.2, 0.25) is 5.91 Å². The summed E-state index contributed by atoms with van der Waals surface area (Å²) in [4.78, 5) is 24.2. The minimum Gasteiger partial charge on any atom is -0.480 e. The average molecular weight is 214 g/mol. The summed E-state index contributed by atoms with van der Waals surface area (Å²) < 4.78 is 0. The topological polar surface area (TPSA) is 83.6 Å². The van der Waals surface area contributed by atoms with E-state index in [9.17, 15) is 9.59 Å². The van der Waals surface area contributed by atoms with E-state index in [1.807, 2.05) is 0 Å². The molecule has 1 atom stereocenters. The lowest BCUT2D eigenvalue weighted by atomic mass is 10.0. The van der Waals surface area contributed by atoms with Crippen LogP contribution in [0.2, 0.25) is 0 Å². The molecule has 0 aromatic rings. The molecule has 1 rings (SSSR count). The van der Waals surface area contributed by atoms with Gasteiger partial charge in [-0.2, -0.15) is 0 Å². The molecule has 1 saturated carbocycles. The van der Waals surface area contributed by atoms with Gasteiger partial charge in [-0.3, -0.25) is 4.79 Å². The highest BCUT2D eigenvalue weighted by Crippen LogP contribution is 2.46. The third kappa shape index (κ3) is 2.12. The fourth-order valence-electron chi connectivity index (χ4n) is 1.79. The van der Waals surface area contributed by atoms with Crippen LogP contribution >= 0.6 is 0 Å². The van der Waals surface area contributed by atoms with Gasteiger partial charge in [0.15, 0.2) is 0 Å². The van der Waals surface area contributed by atoms with Crippen molar-refractivity contribution in [1.29, 1.82) is 0 Å². The molecular weight excluding hydrogens is 196 g/mol. The molecule has 1 aliphatic carbocycles. The summed E-state index contributed by atoms with van der Waals surface area (Å²) >= 11 is 0. The van der Waals surface area contributed by atoms with Gasteiger partial charge in [0, 0.05) is 13.6 Å². The summed E-state index contributed by atoms with van der Waals surface area (Å²) in [6.45, 7) is 2.07.